The number of anilines is 2. The van der Waals surface area contributed by atoms with Crippen molar-refractivity contribution in [3.63, 3.8) is 0 Å². The van der Waals surface area contributed by atoms with Gasteiger partial charge in [-0.3, -0.25) is 4.79 Å². The van der Waals surface area contributed by atoms with Crippen LogP contribution in [0.3, 0.4) is 0 Å². The van der Waals surface area contributed by atoms with Gasteiger partial charge >= 0.3 is 0 Å². The van der Waals surface area contributed by atoms with Crippen LogP contribution in [-0.4, -0.2) is 56.1 Å². The number of aliphatic hydroxyl groups is 1. The first-order chi connectivity index (χ1) is 26.6. The maximum absolute atomic E-state index is 15.3. The van der Waals surface area contributed by atoms with E-state index in [4.69, 9.17) is 14.5 Å². The van der Waals surface area contributed by atoms with Crippen LogP contribution in [0, 0.1) is 5.92 Å². The second-order valence-electron chi connectivity index (χ2n) is 15.5. The van der Waals surface area contributed by atoms with Crippen molar-refractivity contribution in [2.24, 2.45) is 5.92 Å². The first-order valence-electron chi connectivity index (χ1n) is 19.4. The molecule has 1 fully saturated rings. The van der Waals surface area contributed by atoms with E-state index in [1.54, 1.807) is 30.5 Å². The highest BCUT2D eigenvalue weighted by atomic mass is 16.5. The van der Waals surface area contributed by atoms with Crippen molar-refractivity contribution in [2.45, 2.75) is 88.1 Å². The standard InChI is InChI=1S/C45H48N2O8/c1-54-40-24-29(23-39(52)43(40)53)27-6-11-34-32-12-10-31(48)21-28(32)7-13-35(34)47-41-25-30(16-19-46-41)45(17-2-3-18-45)42(38(51)22-27)36(49)14-8-26-9-15-37(50)44-33(26)5-4-20-55-44/h7,9-10,12-13,15-16,19,21,23-25,27,36,42,48-50,52-53H,2-6,8,11,14,17-18,20,22H2,1H3,(H,46,47). The summed E-state index contributed by atoms with van der Waals surface area (Å²) < 4.78 is 11.3. The molecular formula is C45H48N2O8. The summed E-state index contributed by atoms with van der Waals surface area (Å²) in [7, 11) is 1.42. The van der Waals surface area contributed by atoms with Crippen molar-refractivity contribution >= 4 is 28.1 Å². The van der Waals surface area contributed by atoms with Crippen LogP contribution in [0.4, 0.5) is 11.5 Å². The topological polar surface area (TPSA) is 162 Å². The van der Waals surface area contributed by atoms with E-state index in [9.17, 15) is 25.5 Å². The number of aryl methyl sites for hydroxylation is 2. The van der Waals surface area contributed by atoms with Gasteiger partial charge in [0.05, 0.1) is 25.7 Å². The van der Waals surface area contributed by atoms with Crippen LogP contribution < -0.4 is 14.8 Å². The average molecular weight is 745 g/mol. The molecule has 0 radical (unpaired) electrons. The maximum atomic E-state index is 15.3. The van der Waals surface area contributed by atoms with Crippen LogP contribution in [0.1, 0.15) is 85.1 Å². The molecule has 3 aliphatic rings. The molecule has 0 saturated heterocycles. The molecule has 3 atom stereocenters. The van der Waals surface area contributed by atoms with E-state index in [1.165, 1.54) is 13.2 Å². The fraction of sp³-hybridized carbons (Fsp3) is 0.378. The van der Waals surface area contributed by atoms with Crippen LogP contribution in [0.25, 0.3) is 10.8 Å². The maximum Gasteiger partial charge on any atom is 0.200 e. The summed E-state index contributed by atoms with van der Waals surface area (Å²) in [6, 6.07) is 20.0. The second-order valence-corrected chi connectivity index (χ2v) is 15.5. The molecule has 2 bridgehead atoms. The number of rotatable bonds is 6. The number of aliphatic hydroxyl groups excluding tert-OH is 1. The zero-order valence-corrected chi connectivity index (χ0v) is 31.1. The van der Waals surface area contributed by atoms with Crippen molar-refractivity contribution in [3.05, 3.63) is 101 Å². The van der Waals surface area contributed by atoms with Crippen molar-refractivity contribution in [1.29, 1.82) is 0 Å². The van der Waals surface area contributed by atoms with E-state index in [0.29, 0.717) is 49.4 Å². The Bertz CT molecular complexity index is 2250. The smallest absolute Gasteiger partial charge is 0.200 e. The molecule has 3 unspecified atom stereocenters. The first-order valence-corrected chi connectivity index (χ1v) is 19.4. The summed E-state index contributed by atoms with van der Waals surface area (Å²) in [5.74, 6) is -0.358. The molecule has 3 heterocycles. The number of nitrogens with zero attached hydrogens (tertiary/aromatic N) is 1. The number of ketones is 1. The van der Waals surface area contributed by atoms with Crippen LogP contribution in [-0.2, 0) is 29.5 Å². The summed E-state index contributed by atoms with van der Waals surface area (Å²) in [5, 5.41) is 60.1. The quantitative estimate of drug-likeness (QED) is 0.0935. The summed E-state index contributed by atoms with van der Waals surface area (Å²) in [5.41, 5.74) is 4.77. The predicted octanol–water partition coefficient (Wildman–Crippen LogP) is 8.25. The van der Waals surface area contributed by atoms with Crippen LogP contribution >= 0.6 is 0 Å². The lowest BCUT2D eigenvalue weighted by molar-refractivity contribution is -0.130. The van der Waals surface area contributed by atoms with Crippen LogP contribution in [0.15, 0.2) is 72.9 Å². The summed E-state index contributed by atoms with van der Waals surface area (Å²) in [6.07, 6.45) is 7.68. The van der Waals surface area contributed by atoms with Gasteiger partial charge in [0, 0.05) is 29.3 Å². The summed E-state index contributed by atoms with van der Waals surface area (Å²) >= 11 is 0. The van der Waals surface area contributed by atoms with E-state index in [1.807, 2.05) is 36.4 Å². The minimum absolute atomic E-state index is 0.0596. The molecule has 2 aliphatic heterocycles. The van der Waals surface area contributed by atoms with Gasteiger partial charge in [0.2, 0.25) is 5.75 Å². The molecule has 10 heteroatoms. The van der Waals surface area contributed by atoms with Crippen LogP contribution in [0.5, 0.6) is 34.5 Å². The second kappa shape index (κ2) is 15.0. The summed E-state index contributed by atoms with van der Waals surface area (Å²) in [4.78, 5) is 20.0. The Labute approximate surface area is 320 Å². The Balaban J connectivity index is 1.24. The number of Topliss-reactive ketones (excluding diaryl/α,β-unsaturated/α-hetero) is 1. The number of hydrogen-bond donors (Lipinski definition) is 6. The number of phenolic OH excluding ortho intramolecular Hbond substituents is 4. The molecule has 4 aromatic carbocycles. The third kappa shape index (κ3) is 6.88. The van der Waals surface area contributed by atoms with Crippen molar-refractivity contribution in [1.82, 2.24) is 4.98 Å². The normalized spacial score (nSPS) is 19.9. The molecule has 1 spiro atoms. The van der Waals surface area contributed by atoms with Gasteiger partial charge in [0.25, 0.3) is 0 Å². The summed E-state index contributed by atoms with van der Waals surface area (Å²) in [6.45, 7) is 0.547. The minimum atomic E-state index is -0.980. The zero-order valence-electron chi connectivity index (χ0n) is 31.1. The lowest BCUT2D eigenvalue weighted by atomic mass is 9.63. The third-order valence-electron chi connectivity index (χ3n) is 12.4. The van der Waals surface area contributed by atoms with Gasteiger partial charge in [-0.25, -0.2) is 4.98 Å². The molecule has 0 amide bonds. The number of carbonyl (C=O) groups is 1. The molecule has 286 valence electrons. The van der Waals surface area contributed by atoms with E-state index >= 15 is 4.79 Å². The molecular weight excluding hydrogens is 697 g/mol. The van der Waals surface area contributed by atoms with Gasteiger partial charge in [-0.2, -0.15) is 0 Å². The van der Waals surface area contributed by atoms with Crippen molar-refractivity contribution < 1.29 is 39.8 Å². The molecule has 55 heavy (non-hydrogen) atoms. The molecule has 8 rings (SSSR count). The lowest BCUT2D eigenvalue weighted by Gasteiger charge is -2.41. The van der Waals surface area contributed by atoms with Crippen molar-refractivity contribution in [2.75, 3.05) is 19.0 Å². The number of hydrogen-bond acceptors (Lipinski definition) is 10. The Morgan fingerprint density at radius 3 is 2.58 bits per heavy atom. The molecule has 1 saturated carbocycles. The van der Waals surface area contributed by atoms with E-state index in [2.05, 4.69) is 5.32 Å². The number of fused-ring (bicyclic) bond motifs is 7. The van der Waals surface area contributed by atoms with Gasteiger partial charge < -0.3 is 40.3 Å². The molecule has 10 nitrogen and oxygen atoms in total. The highest BCUT2D eigenvalue weighted by Crippen LogP contribution is 2.51. The van der Waals surface area contributed by atoms with Gasteiger partial charge in [-0.05, 0) is 139 Å². The number of benzene rings is 4. The fourth-order valence-electron chi connectivity index (χ4n) is 9.69. The Kier molecular flexibility index (Phi) is 9.94. The number of methoxy groups -OCH3 is 1. The Morgan fingerprint density at radius 1 is 0.927 bits per heavy atom. The zero-order chi connectivity index (χ0) is 38.3. The number of aromatic hydroxyl groups is 4. The van der Waals surface area contributed by atoms with Crippen molar-refractivity contribution in [3.8, 4) is 34.5 Å². The highest BCUT2D eigenvalue weighted by molar-refractivity contribution is 5.92. The van der Waals surface area contributed by atoms with Gasteiger partial charge in [0.1, 0.15) is 17.4 Å². The minimum Gasteiger partial charge on any atom is -0.508 e. The number of ether oxygens (including phenoxy) is 2. The largest absolute Gasteiger partial charge is 0.508 e. The molecule has 6 N–H and O–H groups in total. The number of phenols is 4. The number of carbonyl (C=O) groups excluding carboxylic acids is 1. The Hall–Kier alpha value is -5.48. The number of pyridine rings is 1. The fourth-order valence-corrected chi connectivity index (χ4v) is 9.69. The third-order valence-corrected chi connectivity index (χ3v) is 12.4. The van der Waals surface area contributed by atoms with E-state index in [-0.39, 0.29) is 41.0 Å². The Morgan fingerprint density at radius 2 is 1.76 bits per heavy atom. The number of nitrogens with one attached hydrogen (secondary N) is 1. The average Bonchev–Trinajstić information content (AvgIpc) is 3.68. The van der Waals surface area contributed by atoms with Crippen LogP contribution in [0.2, 0.25) is 0 Å². The highest BCUT2D eigenvalue weighted by Gasteiger charge is 2.49. The number of aromatic nitrogens is 1. The molecule has 1 aromatic heterocycles. The van der Waals surface area contributed by atoms with E-state index in [0.717, 1.165) is 77.2 Å². The van der Waals surface area contributed by atoms with Gasteiger partial charge in [-0.15, -0.1) is 0 Å². The molecule has 1 aliphatic carbocycles. The molecule has 5 aromatic rings. The van der Waals surface area contributed by atoms with E-state index < -0.39 is 23.4 Å². The lowest BCUT2D eigenvalue weighted by Crippen LogP contribution is -2.45. The first kappa shape index (κ1) is 36.5. The van der Waals surface area contributed by atoms with Gasteiger partial charge in [0.15, 0.2) is 23.0 Å². The van der Waals surface area contributed by atoms with Gasteiger partial charge in [-0.1, -0.05) is 31.0 Å². The monoisotopic (exact) mass is 744 g/mol. The predicted molar refractivity (Wildman–Crippen MR) is 210 cm³/mol. The SMILES string of the molecule is COc1cc(C2CCc3c(ccc4cc(O)ccc34)Nc3cc(ccn3)C3(CCCC3)C(C(O)CCc3ccc(O)c4c3CCCO4)C(=O)C2)cc(O)c1O.